The van der Waals surface area contributed by atoms with E-state index in [-0.39, 0.29) is 12.1 Å². The molecule has 0 saturated carbocycles. The maximum atomic E-state index is 13.2. The third-order valence-corrected chi connectivity index (χ3v) is 5.33. The summed E-state index contributed by atoms with van der Waals surface area (Å²) in [6, 6.07) is 4.44. The van der Waals surface area contributed by atoms with Crippen LogP contribution in [0.1, 0.15) is 24.1 Å². The number of imidazole rings is 1. The number of anilines is 1. The number of hydrogen-bond donors (Lipinski definition) is 2. The second-order valence-corrected chi connectivity index (χ2v) is 7.58. The zero-order valence-corrected chi connectivity index (χ0v) is 16.5. The molecule has 31 heavy (non-hydrogen) atoms. The van der Waals surface area contributed by atoms with Crippen LogP contribution in [0.15, 0.2) is 49.2 Å². The molecule has 0 radical (unpaired) electrons. The number of piperazine rings is 1. The van der Waals surface area contributed by atoms with Crippen LogP contribution in [0.3, 0.4) is 0 Å². The molecule has 2 N–H and O–H groups in total. The Morgan fingerprint density at radius 3 is 2.74 bits per heavy atom. The lowest BCUT2D eigenvalue weighted by Crippen LogP contribution is -2.51. The Morgan fingerprint density at radius 2 is 1.97 bits per heavy atom. The molecule has 5 heterocycles. The Kier molecular flexibility index (Phi) is 4.62. The summed E-state index contributed by atoms with van der Waals surface area (Å²) in [5.74, 6) is 1.02. The molecule has 0 bridgehead atoms. The van der Waals surface area contributed by atoms with Gasteiger partial charge >= 0.3 is 6.18 Å². The molecule has 1 aliphatic heterocycles. The molecular weight excluding hydrogens is 409 g/mol. The number of H-pyrrole nitrogens is 1. The first-order valence-electron chi connectivity index (χ1n) is 9.76. The van der Waals surface area contributed by atoms with Crippen molar-refractivity contribution in [1.82, 2.24) is 34.9 Å². The lowest BCUT2D eigenvalue weighted by molar-refractivity contribution is -0.137. The van der Waals surface area contributed by atoms with E-state index >= 15 is 0 Å². The molecule has 0 amide bonds. The number of alkyl halides is 3. The van der Waals surface area contributed by atoms with Gasteiger partial charge in [-0.05, 0) is 25.1 Å². The van der Waals surface area contributed by atoms with Crippen LogP contribution < -0.4 is 10.2 Å². The summed E-state index contributed by atoms with van der Waals surface area (Å²) >= 11 is 0. The van der Waals surface area contributed by atoms with Gasteiger partial charge in [0.2, 0.25) is 0 Å². The Labute approximate surface area is 175 Å². The molecule has 11 heteroatoms. The number of fused-ring (bicyclic) bond motifs is 1. The van der Waals surface area contributed by atoms with Gasteiger partial charge in [0.25, 0.3) is 0 Å². The molecule has 2 unspecified atom stereocenters. The minimum atomic E-state index is -4.45. The molecule has 160 valence electrons. The summed E-state index contributed by atoms with van der Waals surface area (Å²) in [5, 5.41) is 10.4. The summed E-state index contributed by atoms with van der Waals surface area (Å²) in [4.78, 5) is 15.3. The van der Waals surface area contributed by atoms with Crippen LogP contribution in [0.25, 0.3) is 17.2 Å². The second kappa shape index (κ2) is 7.34. The SMILES string of the molecule is CC1CN(c2ccnc(-c3cnc4ccc(C(F)(F)F)cn34)n2)CC(c2cn[nH]c2)N1. The summed E-state index contributed by atoms with van der Waals surface area (Å²) in [5.41, 5.74) is 1.09. The molecular formula is C20H19F3N8. The van der Waals surface area contributed by atoms with E-state index in [0.717, 1.165) is 24.4 Å². The van der Waals surface area contributed by atoms with Gasteiger partial charge in [0.1, 0.15) is 17.2 Å². The Bertz CT molecular complexity index is 1200. The highest BCUT2D eigenvalue weighted by molar-refractivity contribution is 5.59. The number of nitrogens with zero attached hydrogens (tertiary/aromatic N) is 6. The van der Waals surface area contributed by atoms with Crippen molar-refractivity contribution in [2.75, 3.05) is 18.0 Å². The Balaban J connectivity index is 1.49. The number of nitrogens with one attached hydrogen (secondary N) is 2. The minimum Gasteiger partial charge on any atom is -0.353 e. The smallest absolute Gasteiger partial charge is 0.353 e. The first-order chi connectivity index (χ1) is 14.9. The van der Waals surface area contributed by atoms with Gasteiger partial charge in [0.15, 0.2) is 5.82 Å². The normalized spacial score (nSPS) is 19.8. The van der Waals surface area contributed by atoms with E-state index < -0.39 is 11.7 Å². The summed E-state index contributed by atoms with van der Waals surface area (Å²) in [6.07, 6.45) is 3.33. The van der Waals surface area contributed by atoms with Crippen LogP contribution in [-0.2, 0) is 6.18 Å². The highest BCUT2D eigenvalue weighted by Crippen LogP contribution is 2.31. The van der Waals surface area contributed by atoms with Crippen molar-refractivity contribution in [3.8, 4) is 11.5 Å². The van der Waals surface area contributed by atoms with E-state index in [0.29, 0.717) is 29.5 Å². The summed E-state index contributed by atoms with van der Waals surface area (Å²) < 4.78 is 40.9. The number of aromatic nitrogens is 6. The van der Waals surface area contributed by atoms with Crippen LogP contribution in [0.4, 0.5) is 19.0 Å². The number of halogens is 3. The van der Waals surface area contributed by atoms with Crippen molar-refractivity contribution in [2.45, 2.75) is 25.2 Å². The fourth-order valence-electron chi connectivity index (χ4n) is 3.88. The quantitative estimate of drug-likeness (QED) is 0.522. The van der Waals surface area contributed by atoms with Crippen molar-refractivity contribution in [2.24, 2.45) is 0 Å². The minimum absolute atomic E-state index is 0.0751. The third kappa shape index (κ3) is 3.72. The van der Waals surface area contributed by atoms with Gasteiger partial charge in [-0.3, -0.25) is 9.50 Å². The average molecular weight is 428 g/mol. The topological polar surface area (TPSA) is 87.0 Å². The average Bonchev–Trinajstić information content (AvgIpc) is 3.42. The van der Waals surface area contributed by atoms with E-state index in [9.17, 15) is 13.2 Å². The van der Waals surface area contributed by atoms with Crippen LogP contribution >= 0.6 is 0 Å². The van der Waals surface area contributed by atoms with Crippen LogP contribution in [0, 0.1) is 0 Å². The lowest BCUT2D eigenvalue weighted by atomic mass is 10.1. The number of hydrogen-bond acceptors (Lipinski definition) is 6. The highest BCUT2D eigenvalue weighted by atomic mass is 19.4. The monoisotopic (exact) mass is 428 g/mol. The molecule has 1 fully saturated rings. The number of rotatable bonds is 3. The maximum absolute atomic E-state index is 13.2. The molecule has 0 aliphatic carbocycles. The standard InChI is InChI=1S/C20H19F3N8/c1-12-9-30(11-15(28-12)13-6-26-27-7-13)18-4-5-24-19(29-18)16-8-25-17-3-2-14(10-31(16)17)20(21,22)23/h2-8,10,12,15,28H,9,11H2,1H3,(H,26,27). The zero-order valence-electron chi connectivity index (χ0n) is 16.5. The molecule has 0 spiro atoms. The lowest BCUT2D eigenvalue weighted by Gasteiger charge is -2.38. The first kappa shape index (κ1) is 19.5. The Morgan fingerprint density at radius 1 is 1.10 bits per heavy atom. The van der Waals surface area contributed by atoms with E-state index in [1.54, 1.807) is 18.5 Å². The maximum Gasteiger partial charge on any atom is 0.417 e. The van der Waals surface area contributed by atoms with Gasteiger partial charge in [-0.2, -0.15) is 18.3 Å². The molecule has 1 aliphatic rings. The molecule has 2 atom stereocenters. The van der Waals surface area contributed by atoms with Crippen molar-refractivity contribution in [1.29, 1.82) is 0 Å². The van der Waals surface area contributed by atoms with E-state index in [1.807, 2.05) is 6.20 Å². The molecule has 4 aromatic rings. The number of aromatic amines is 1. The van der Waals surface area contributed by atoms with Crippen LogP contribution in [0.5, 0.6) is 0 Å². The number of pyridine rings is 1. The summed E-state index contributed by atoms with van der Waals surface area (Å²) in [7, 11) is 0. The van der Waals surface area contributed by atoms with Crippen LogP contribution in [0.2, 0.25) is 0 Å². The van der Waals surface area contributed by atoms with Gasteiger partial charge < -0.3 is 10.2 Å². The third-order valence-electron chi connectivity index (χ3n) is 5.33. The second-order valence-electron chi connectivity index (χ2n) is 7.58. The van der Waals surface area contributed by atoms with Crippen LogP contribution in [-0.4, -0.2) is 48.7 Å². The van der Waals surface area contributed by atoms with Gasteiger partial charge in [-0.1, -0.05) is 0 Å². The Hall–Kier alpha value is -3.47. The first-order valence-corrected chi connectivity index (χ1v) is 9.76. The van der Waals surface area contributed by atoms with Gasteiger partial charge in [-0.15, -0.1) is 0 Å². The van der Waals surface area contributed by atoms with Gasteiger partial charge in [0.05, 0.1) is 24.0 Å². The predicted octanol–water partition coefficient (Wildman–Crippen LogP) is 3.07. The zero-order chi connectivity index (χ0) is 21.6. The molecule has 4 aromatic heterocycles. The highest BCUT2D eigenvalue weighted by Gasteiger charge is 2.31. The molecule has 5 rings (SSSR count). The predicted molar refractivity (Wildman–Crippen MR) is 107 cm³/mol. The molecule has 8 nitrogen and oxygen atoms in total. The van der Waals surface area contributed by atoms with E-state index in [2.05, 4.69) is 42.3 Å². The molecule has 0 aromatic carbocycles. The van der Waals surface area contributed by atoms with Crippen molar-refractivity contribution in [3.05, 3.63) is 60.3 Å². The fraction of sp³-hybridized carbons (Fsp3) is 0.300. The van der Waals surface area contributed by atoms with Gasteiger partial charge in [0, 0.05) is 43.3 Å². The van der Waals surface area contributed by atoms with Crippen molar-refractivity contribution >= 4 is 11.5 Å². The molecule has 1 saturated heterocycles. The summed E-state index contributed by atoms with van der Waals surface area (Å²) in [6.45, 7) is 3.49. The van der Waals surface area contributed by atoms with Crippen molar-refractivity contribution < 1.29 is 13.2 Å². The van der Waals surface area contributed by atoms with E-state index in [1.165, 1.54) is 16.7 Å². The van der Waals surface area contributed by atoms with E-state index in [4.69, 9.17) is 0 Å². The van der Waals surface area contributed by atoms with Gasteiger partial charge in [-0.25, -0.2) is 15.0 Å². The fourth-order valence-corrected chi connectivity index (χ4v) is 3.88. The van der Waals surface area contributed by atoms with Crippen molar-refractivity contribution in [3.63, 3.8) is 0 Å². The largest absolute Gasteiger partial charge is 0.417 e.